The quantitative estimate of drug-likeness (QED) is 0.432. The molecule has 2 aromatic heterocycles. The highest BCUT2D eigenvalue weighted by molar-refractivity contribution is 7.13. The topological polar surface area (TPSA) is 144 Å². The molecule has 11 heteroatoms. The summed E-state index contributed by atoms with van der Waals surface area (Å²) >= 11 is 1.34. The van der Waals surface area contributed by atoms with Crippen molar-refractivity contribution in [2.45, 2.75) is 31.6 Å². The van der Waals surface area contributed by atoms with Gasteiger partial charge in [0.2, 0.25) is 5.95 Å². The van der Waals surface area contributed by atoms with E-state index >= 15 is 0 Å². The number of rotatable bonds is 5. The minimum atomic E-state index is -1.08. The number of ether oxygens (including phenoxy) is 1. The van der Waals surface area contributed by atoms with Crippen LogP contribution >= 0.6 is 11.3 Å². The molecule has 4 atom stereocenters. The van der Waals surface area contributed by atoms with Crippen LogP contribution in [-0.4, -0.2) is 81.4 Å². The van der Waals surface area contributed by atoms with Gasteiger partial charge in [-0.3, -0.25) is 9.78 Å². The number of hydrogen-bond donors (Lipinski definition) is 5. The van der Waals surface area contributed by atoms with Crippen molar-refractivity contribution in [3.63, 3.8) is 0 Å². The lowest BCUT2D eigenvalue weighted by atomic mass is 10.1. The lowest BCUT2D eigenvalue weighted by molar-refractivity contribution is 0.00446. The molecule has 1 saturated carbocycles. The third-order valence-electron chi connectivity index (χ3n) is 5.41. The highest BCUT2D eigenvalue weighted by Gasteiger charge is 2.41. The van der Waals surface area contributed by atoms with Crippen molar-refractivity contribution in [3.05, 3.63) is 21.4 Å². The standard InChI is InChI=1S/C18H25N5O5S/c1-9-8-29-17(19-9)12-15(20-11-6-10(7-24)13(25)14(11)26)21-18(22-16(12)27)23-2-4-28-5-3-23/h8,10-11,13-14,24-26H,2-7H2,1H3,(H2,20,21,22,27)/t10-,11-,13-,14+/m1/s1. The van der Waals surface area contributed by atoms with Crippen LogP contribution in [0.1, 0.15) is 12.1 Å². The maximum Gasteiger partial charge on any atom is 0.264 e. The molecular formula is C18H25N5O5S. The summed E-state index contributed by atoms with van der Waals surface area (Å²) in [5.74, 6) is 0.290. The van der Waals surface area contributed by atoms with E-state index in [-0.39, 0.29) is 12.2 Å². The first-order chi connectivity index (χ1) is 14.0. The fourth-order valence-corrected chi connectivity index (χ4v) is 4.62. The second kappa shape index (κ2) is 8.36. The van der Waals surface area contributed by atoms with E-state index in [1.807, 2.05) is 17.2 Å². The number of nitrogens with zero attached hydrogens (tertiary/aromatic N) is 3. The minimum Gasteiger partial charge on any atom is -0.396 e. The van der Waals surface area contributed by atoms with E-state index in [0.29, 0.717) is 55.1 Å². The van der Waals surface area contributed by atoms with E-state index in [4.69, 9.17) is 4.74 Å². The average molecular weight is 423 g/mol. The van der Waals surface area contributed by atoms with Crippen LogP contribution in [0.4, 0.5) is 11.8 Å². The van der Waals surface area contributed by atoms with Crippen LogP contribution in [0.5, 0.6) is 0 Å². The van der Waals surface area contributed by atoms with Crippen molar-refractivity contribution < 1.29 is 20.1 Å². The molecule has 0 unspecified atom stereocenters. The Morgan fingerprint density at radius 1 is 1.31 bits per heavy atom. The summed E-state index contributed by atoms with van der Waals surface area (Å²) in [6.45, 7) is 3.93. The van der Waals surface area contributed by atoms with E-state index in [2.05, 4.69) is 20.3 Å². The van der Waals surface area contributed by atoms with Gasteiger partial charge in [0.15, 0.2) is 0 Å². The Morgan fingerprint density at radius 3 is 2.69 bits per heavy atom. The predicted octanol–water partition coefficient (Wildman–Crippen LogP) is -0.447. The van der Waals surface area contributed by atoms with Gasteiger partial charge in [0.1, 0.15) is 22.5 Å². The molecule has 0 spiro atoms. The largest absolute Gasteiger partial charge is 0.396 e. The smallest absolute Gasteiger partial charge is 0.264 e. The van der Waals surface area contributed by atoms with Crippen LogP contribution in [0, 0.1) is 12.8 Å². The van der Waals surface area contributed by atoms with Crippen LogP contribution in [0.15, 0.2) is 10.2 Å². The summed E-state index contributed by atoms with van der Waals surface area (Å²) in [7, 11) is 0. The van der Waals surface area contributed by atoms with Gasteiger partial charge < -0.3 is 30.3 Å². The van der Waals surface area contributed by atoms with Gasteiger partial charge in [0.05, 0.1) is 25.4 Å². The molecule has 0 amide bonds. The normalized spacial score (nSPS) is 27.4. The van der Waals surface area contributed by atoms with Gasteiger partial charge in [-0.25, -0.2) is 4.98 Å². The van der Waals surface area contributed by atoms with Gasteiger partial charge in [-0.2, -0.15) is 4.98 Å². The van der Waals surface area contributed by atoms with Crippen molar-refractivity contribution in [2.24, 2.45) is 5.92 Å². The Hall–Kier alpha value is -2.05. The first kappa shape index (κ1) is 20.2. The molecule has 0 bridgehead atoms. The summed E-state index contributed by atoms with van der Waals surface area (Å²) < 4.78 is 5.37. The maximum absolute atomic E-state index is 13.0. The van der Waals surface area contributed by atoms with Crippen molar-refractivity contribution in [1.82, 2.24) is 15.0 Å². The molecule has 5 N–H and O–H groups in total. The van der Waals surface area contributed by atoms with Crippen LogP contribution < -0.4 is 15.8 Å². The molecule has 29 heavy (non-hydrogen) atoms. The summed E-state index contributed by atoms with van der Waals surface area (Å²) in [6, 6.07) is -0.547. The zero-order chi connectivity index (χ0) is 20.5. The number of nitrogens with one attached hydrogen (secondary N) is 2. The number of aryl methyl sites for hydroxylation is 1. The number of anilines is 2. The summed E-state index contributed by atoms with van der Waals surface area (Å²) in [6.07, 6.45) is -1.76. The van der Waals surface area contributed by atoms with Gasteiger partial charge >= 0.3 is 0 Å². The average Bonchev–Trinajstić information content (AvgIpc) is 3.26. The first-order valence-electron chi connectivity index (χ1n) is 9.61. The van der Waals surface area contributed by atoms with Crippen LogP contribution in [0.2, 0.25) is 0 Å². The van der Waals surface area contributed by atoms with E-state index in [1.54, 1.807) is 0 Å². The van der Waals surface area contributed by atoms with E-state index in [9.17, 15) is 20.1 Å². The Bertz CT molecular complexity index is 912. The molecule has 158 valence electrons. The predicted molar refractivity (Wildman–Crippen MR) is 108 cm³/mol. The maximum atomic E-state index is 13.0. The van der Waals surface area contributed by atoms with E-state index < -0.39 is 24.2 Å². The Kier molecular flexibility index (Phi) is 5.83. The molecule has 1 aliphatic heterocycles. The first-order valence-corrected chi connectivity index (χ1v) is 10.5. The van der Waals surface area contributed by atoms with Crippen molar-refractivity contribution in [2.75, 3.05) is 43.1 Å². The molecule has 1 aliphatic carbocycles. The highest BCUT2D eigenvalue weighted by Crippen LogP contribution is 2.32. The van der Waals surface area contributed by atoms with E-state index in [1.165, 1.54) is 11.3 Å². The van der Waals surface area contributed by atoms with Crippen LogP contribution in [0.25, 0.3) is 10.6 Å². The number of morpholine rings is 1. The molecular weight excluding hydrogens is 398 g/mol. The highest BCUT2D eigenvalue weighted by atomic mass is 32.1. The van der Waals surface area contributed by atoms with Crippen molar-refractivity contribution >= 4 is 23.1 Å². The monoisotopic (exact) mass is 423 g/mol. The number of aromatic nitrogens is 3. The van der Waals surface area contributed by atoms with E-state index in [0.717, 1.165) is 5.69 Å². The van der Waals surface area contributed by atoms with Crippen LogP contribution in [-0.2, 0) is 4.74 Å². The fourth-order valence-electron chi connectivity index (χ4n) is 3.78. The molecule has 2 fully saturated rings. The SMILES string of the molecule is Cc1csc(-c2c(N[C@@H]3C[C@H](CO)[C@@H](O)[C@H]3O)nc(N3CCOCC3)[nH]c2=O)n1. The summed E-state index contributed by atoms with van der Waals surface area (Å²) in [5.41, 5.74) is 0.767. The Labute approximate surface area is 171 Å². The molecule has 0 radical (unpaired) electrons. The molecule has 0 aromatic carbocycles. The molecule has 4 rings (SSSR count). The number of thiazole rings is 1. The number of aromatic amines is 1. The zero-order valence-corrected chi connectivity index (χ0v) is 16.9. The molecule has 1 saturated heterocycles. The van der Waals surface area contributed by atoms with Gasteiger partial charge in [0.25, 0.3) is 5.56 Å². The van der Waals surface area contributed by atoms with Gasteiger partial charge in [-0.05, 0) is 13.3 Å². The van der Waals surface area contributed by atoms with Crippen LogP contribution in [0.3, 0.4) is 0 Å². The second-order valence-corrected chi connectivity index (χ2v) is 8.28. The number of H-pyrrole nitrogens is 1. The summed E-state index contributed by atoms with van der Waals surface area (Å²) in [5, 5.41) is 35.5. The third kappa shape index (κ3) is 4.01. The third-order valence-corrected chi connectivity index (χ3v) is 6.39. The number of aliphatic hydroxyl groups is 3. The Morgan fingerprint density at radius 2 is 2.07 bits per heavy atom. The molecule has 2 aliphatic rings. The van der Waals surface area contributed by atoms with Crippen molar-refractivity contribution in [3.8, 4) is 10.6 Å². The molecule has 3 heterocycles. The molecule has 10 nitrogen and oxygen atoms in total. The lowest BCUT2D eigenvalue weighted by Gasteiger charge is -2.28. The lowest BCUT2D eigenvalue weighted by Crippen LogP contribution is -2.39. The molecule has 2 aromatic rings. The minimum absolute atomic E-state index is 0.225. The summed E-state index contributed by atoms with van der Waals surface area (Å²) in [4.78, 5) is 26.8. The van der Waals surface area contributed by atoms with Crippen molar-refractivity contribution in [1.29, 1.82) is 0 Å². The van der Waals surface area contributed by atoms with Gasteiger partial charge in [0, 0.05) is 36.7 Å². The fraction of sp³-hybridized carbons (Fsp3) is 0.611. The second-order valence-electron chi connectivity index (χ2n) is 7.42. The number of aliphatic hydroxyl groups excluding tert-OH is 3. The number of hydrogen-bond acceptors (Lipinski definition) is 10. The van der Waals surface area contributed by atoms with Gasteiger partial charge in [-0.15, -0.1) is 11.3 Å². The van der Waals surface area contributed by atoms with Gasteiger partial charge in [-0.1, -0.05) is 0 Å². The zero-order valence-electron chi connectivity index (χ0n) is 16.0. The Balaban J connectivity index is 1.72.